The number of rotatable bonds is 8. The van der Waals surface area contributed by atoms with E-state index in [1.54, 1.807) is 36.3 Å². The minimum Gasteiger partial charge on any atom is -0.441 e. The van der Waals surface area contributed by atoms with Crippen molar-refractivity contribution < 1.29 is 9.21 Å². The Morgan fingerprint density at radius 3 is 3.04 bits per heavy atom. The van der Waals surface area contributed by atoms with Crippen LogP contribution < -0.4 is 5.32 Å². The minimum absolute atomic E-state index is 0.112. The molecule has 0 aliphatic heterocycles. The highest BCUT2D eigenvalue weighted by Crippen LogP contribution is 2.18. The van der Waals surface area contributed by atoms with Gasteiger partial charge in [-0.25, -0.2) is 4.98 Å². The van der Waals surface area contributed by atoms with Crippen LogP contribution in [-0.2, 0) is 13.5 Å². The lowest BCUT2D eigenvalue weighted by atomic mass is 10.2. The number of nitrogens with zero attached hydrogens (tertiary/aromatic N) is 4. The van der Waals surface area contributed by atoms with Crippen LogP contribution in [0.5, 0.6) is 0 Å². The molecule has 1 aromatic carbocycles. The lowest BCUT2D eigenvalue weighted by Crippen LogP contribution is -2.25. The molecule has 3 rings (SSSR count). The number of hydrogen-bond donors (Lipinski definition) is 1. The smallest absolute Gasteiger partial charge is 0.251 e. The first kappa shape index (κ1) is 17.5. The van der Waals surface area contributed by atoms with Gasteiger partial charge in [-0.3, -0.25) is 4.79 Å². The molecule has 0 aliphatic carbocycles. The van der Waals surface area contributed by atoms with Crippen LogP contribution in [0.2, 0.25) is 0 Å². The molecule has 1 N–H and O–H groups in total. The molecule has 0 aliphatic rings. The first-order valence-electron chi connectivity index (χ1n) is 8.32. The molecule has 8 heteroatoms. The molecule has 0 radical (unpaired) electrons. The maximum Gasteiger partial charge on any atom is 0.251 e. The van der Waals surface area contributed by atoms with E-state index in [2.05, 4.69) is 27.4 Å². The molecule has 3 aromatic rings. The third-order valence-corrected chi connectivity index (χ3v) is 4.76. The van der Waals surface area contributed by atoms with Gasteiger partial charge in [0.15, 0.2) is 16.6 Å². The third-order valence-electron chi connectivity index (χ3n) is 3.73. The van der Waals surface area contributed by atoms with E-state index in [1.165, 1.54) is 0 Å². The summed E-state index contributed by atoms with van der Waals surface area (Å²) in [6.45, 7) is 2.68. The van der Waals surface area contributed by atoms with Gasteiger partial charge in [-0.05, 0) is 24.6 Å². The number of amides is 1. The topological polar surface area (TPSA) is 85.8 Å². The Balaban J connectivity index is 1.55. The maximum atomic E-state index is 12.3. The predicted molar refractivity (Wildman–Crippen MR) is 96.7 cm³/mol. The minimum atomic E-state index is -0.112. The van der Waals surface area contributed by atoms with Crippen LogP contribution >= 0.6 is 11.8 Å². The molecule has 2 aromatic heterocycles. The van der Waals surface area contributed by atoms with Crippen molar-refractivity contribution in [3.63, 3.8) is 0 Å². The Bertz CT molecular complexity index is 858. The highest BCUT2D eigenvalue weighted by atomic mass is 32.2. The average Bonchev–Trinajstić information content (AvgIpc) is 3.21. The van der Waals surface area contributed by atoms with Gasteiger partial charge in [0.1, 0.15) is 11.8 Å². The molecule has 0 spiro atoms. The zero-order valence-electron chi connectivity index (χ0n) is 14.4. The quantitative estimate of drug-likeness (QED) is 0.492. The van der Waals surface area contributed by atoms with Gasteiger partial charge in [-0.15, -0.1) is 10.2 Å². The van der Waals surface area contributed by atoms with E-state index in [-0.39, 0.29) is 5.91 Å². The number of benzene rings is 1. The molecule has 0 bridgehead atoms. The molecule has 2 heterocycles. The molecule has 0 fully saturated rings. The third kappa shape index (κ3) is 4.39. The monoisotopic (exact) mass is 359 g/mol. The Kier molecular flexibility index (Phi) is 5.70. The molecule has 1 amide bonds. The summed E-state index contributed by atoms with van der Waals surface area (Å²) in [5.41, 5.74) is 2.04. The Morgan fingerprint density at radius 1 is 1.40 bits per heavy atom. The van der Waals surface area contributed by atoms with Gasteiger partial charge in [-0.2, -0.15) is 0 Å². The number of thioether (sulfide) groups is 1. The second-order valence-corrected chi connectivity index (χ2v) is 6.78. The Hall–Kier alpha value is -2.35. The van der Waals surface area contributed by atoms with Crippen LogP contribution in [0, 0.1) is 0 Å². The van der Waals surface area contributed by atoms with E-state index < -0.39 is 0 Å². The van der Waals surface area contributed by atoms with E-state index >= 15 is 0 Å². The lowest BCUT2D eigenvalue weighted by molar-refractivity contribution is 0.0956. The zero-order chi connectivity index (χ0) is 17.6. The molecule has 132 valence electrons. The second-order valence-electron chi connectivity index (χ2n) is 5.72. The highest BCUT2D eigenvalue weighted by Gasteiger charge is 2.10. The molecule has 25 heavy (non-hydrogen) atoms. The second kappa shape index (κ2) is 8.15. The number of carbonyl (C=O) groups excluding carboxylic acids is 1. The molecule has 0 saturated heterocycles. The van der Waals surface area contributed by atoms with Crippen molar-refractivity contribution in [3.05, 3.63) is 36.0 Å². The summed E-state index contributed by atoms with van der Waals surface area (Å²) in [7, 11) is 1.89. The first-order chi connectivity index (χ1) is 12.2. The van der Waals surface area contributed by atoms with E-state index in [0.29, 0.717) is 12.1 Å². The number of fused-ring (bicyclic) bond motifs is 1. The summed E-state index contributed by atoms with van der Waals surface area (Å²) >= 11 is 1.55. The number of carbonyl (C=O) groups is 1. The summed E-state index contributed by atoms with van der Waals surface area (Å²) in [5.74, 6) is 1.35. The summed E-state index contributed by atoms with van der Waals surface area (Å²) in [4.78, 5) is 16.7. The average molecular weight is 359 g/mol. The van der Waals surface area contributed by atoms with Crippen LogP contribution in [0.15, 0.2) is 34.1 Å². The first-order valence-corrected chi connectivity index (χ1v) is 9.30. The summed E-state index contributed by atoms with van der Waals surface area (Å²) < 4.78 is 7.54. The SMILES string of the molecule is CCCCc1nc2cc(C(=O)NCCSc3nncn3C)ccc2o1. The van der Waals surface area contributed by atoms with Crippen molar-refractivity contribution in [1.82, 2.24) is 25.1 Å². The van der Waals surface area contributed by atoms with Crippen LogP contribution in [-0.4, -0.2) is 38.0 Å². The van der Waals surface area contributed by atoms with Crippen molar-refractivity contribution in [3.8, 4) is 0 Å². The fraction of sp³-hybridized carbons (Fsp3) is 0.412. The van der Waals surface area contributed by atoms with Crippen LogP contribution in [0.25, 0.3) is 11.1 Å². The fourth-order valence-corrected chi connectivity index (χ4v) is 3.11. The van der Waals surface area contributed by atoms with Crippen molar-refractivity contribution >= 4 is 28.8 Å². The molecule has 0 saturated carbocycles. The molecular formula is C17H21N5O2S. The Labute approximate surface area is 150 Å². The number of unbranched alkanes of at least 4 members (excludes halogenated alkanes) is 1. The normalized spacial score (nSPS) is 11.1. The number of aryl methyl sites for hydroxylation is 2. The molecule has 0 unspecified atom stereocenters. The van der Waals surface area contributed by atoms with Crippen molar-refractivity contribution in [2.24, 2.45) is 7.05 Å². The van der Waals surface area contributed by atoms with Gasteiger partial charge < -0.3 is 14.3 Å². The summed E-state index contributed by atoms with van der Waals surface area (Å²) in [5, 5.41) is 11.6. The van der Waals surface area contributed by atoms with Crippen molar-refractivity contribution in [2.75, 3.05) is 12.3 Å². The van der Waals surface area contributed by atoms with Gasteiger partial charge in [0.25, 0.3) is 5.91 Å². The van der Waals surface area contributed by atoms with Crippen LogP contribution in [0.3, 0.4) is 0 Å². The Morgan fingerprint density at radius 2 is 2.28 bits per heavy atom. The molecular weight excluding hydrogens is 338 g/mol. The largest absolute Gasteiger partial charge is 0.441 e. The van der Waals surface area contributed by atoms with E-state index in [0.717, 1.165) is 47.2 Å². The predicted octanol–water partition coefficient (Wildman–Crippen LogP) is 2.82. The van der Waals surface area contributed by atoms with Crippen molar-refractivity contribution in [1.29, 1.82) is 0 Å². The number of hydrogen-bond acceptors (Lipinski definition) is 6. The summed E-state index contributed by atoms with van der Waals surface area (Å²) in [6.07, 6.45) is 4.62. The van der Waals surface area contributed by atoms with Gasteiger partial charge in [0.05, 0.1) is 0 Å². The van der Waals surface area contributed by atoms with Crippen molar-refractivity contribution in [2.45, 2.75) is 31.3 Å². The van der Waals surface area contributed by atoms with Gasteiger partial charge in [0.2, 0.25) is 0 Å². The lowest BCUT2D eigenvalue weighted by Gasteiger charge is -2.04. The van der Waals surface area contributed by atoms with Crippen LogP contribution in [0.1, 0.15) is 36.0 Å². The number of nitrogens with one attached hydrogen (secondary N) is 1. The molecule has 7 nitrogen and oxygen atoms in total. The van der Waals surface area contributed by atoms with Gasteiger partial charge >= 0.3 is 0 Å². The number of oxazole rings is 1. The highest BCUT2D eigenvalue weighted by molar-refractivity contribution is 7.99. The maximum absolute atomic E-state index is 12.3. The van der Waals surface area contributed by atoms with Gasteiger partial charge in [0, 0.05) is 31.3 Å². The van der Waals surface area contributed by atoms with E-state index in [9.17, 15) is 4.79 Å². The standard InChI is InChI=1S/C17H21N5O2S/c1-3-4-5-15-20-13-10-12(6-7-14(13)24-15)16(23)18-8-9-25-17-21-19-11-22(17)2/h6-7,10-11H,3-5,8-9H2,1-2H3,(H,18,23). The van der Waals surface area contributed by atoms with E-state index in [4.69, 9.17) is 4.42 Å². The van der Waals surface area contributed by atoms with E-state index in [1.807, 2.05) is 11.6 Å². The van der Waals surface area contributed by atoms with Crippen LogP contribution in [0.4, 0.5) is 0 Å². The number of aromatic nitrogens is 4. The zero-order valence-corrected chi connectivity index (χ0v) is 15.2. The van der Waals surface area contributed by atoms with Gasteiger partial charge in [-0.1, -0.05) is 25.1 Å². The fourth-order valence-electron chi connectivity index (χ4n) is 2.36. The summed E-state index contributed by atoms with van der Waals surface area (Å²) in [6, 6.07) is 5.35. The molecule has 0 atom stereocenters.